The number of fused-ring (bicyclic) bond motifs is 1. The van der Waals surface area contributed by atoms with Crippen LogP contribution in [0.3, 0.4) is 0 Å². The first-order chi connectivity index (χ1) is 7.06. The Morgan fingerprint density at radius 1 is 1.27 bits per heavy atom. The topological polar surface area (TPSA) is 0 Å². The highest BCUT2D eigenvalue weighted by Gasteiger charge is 2.35. The van der Waals surface area contributed by atoms with E-state index in [2.05, 4.69) is 0 Å². The molecule has 82 valence electrons. The van der Waals surface area contributed by atoms with Crippen molar-refractivity contribution in [3.05, 3.63) is 29.8 Å². The summed E-state index contributed by atoms with van der Waals surface area (Å²) in [6, 6.07) is 7.36. The van der Waals surface area contributed by atoms with Crippen LogP contribution in [0.4, 0.5) is 13.2 Å². The van der Waals surface area contributed by atoms with Crippen molar-refractivity contribution in [3.8, 4) is 0 Å². The minimum Gasteiger partial charge on any atom is -0.160 e. The van der Waals surface area contributed by atoms with Crippen molar-refractivity contribution in [2.75, 3.05) is 5.75 Å². The first kappa shape index (κ1) is 11.2. The molecule has 2 rings (SSSR count). The van der Waals surface area contributed by atoms with Gasteiger partial charge in [-0.2, -0.15) is 13.2 Å². The van der Waals surface area contributed by atoms with E-state index in [1.54, 1.807) is 23.9 Å². The molecule has 1 heterocycles. The molecular weight excluding hydrogens is 241 g/mol. The van der Waals surface area contributed by atoms with E-state index >= 15 is 0 Å². The lowest BCUT2D eigenvalue weighted by atomic mass is 10.1. The average Bonchev–Trinajstić information content (AvgIpc) is 2.16. The lowest BCUT2D eigenvalue weighted by Gasteiger charge is -2.24. The molecule has 0 N–H and O–H groups in total. The molecule has 1 aromatic carbocycles. The third-order valence-electron chi connectivity index (χ3n) is 2.18. The Labute approximate surface area is 94.6 Å². The van der Waals surface area contributed by atoms with E-state index in [9.17, 15) is 13.2 Å². The second kappa shape index (κ2) is 4.29. The van der Waals surface area contributed by atoms with Crippen LogP contribution in [0.25, 0.3) is 0 Å². The summed E-state index contributed by atoms with van der Waals surface area (Å²) in [5.41, 5.74) is -3.31. The normalized spacial score (nSPS) is 21.1. The van der Waals surface area contributed by atoms with Crippen LogP contribution < -0.4 is 0 Å². The summed E-state index contributed by atoms with van der Waals surface area (Å²) in [6.07, 6.45) is 0.589. The zero-order valence-corrected chi connectivity index (χ0v) is 9.38. The maximum Gasteiger partial charge on any atom is 0.442 e. The molecule has 0 aromatic heterocycles. The van der Waals surface area contributed by atoms with Gasteiger partial charge in [0.15, 0.2) is 0 Å². The molecule has 0 saturated heterocycles. The number of hydrogen-bond donors (Lipinski definition) is 0. The van der Waals surface area contributed by atoms with Crippen LogP contribution in [0.2, 0.25) is 0 Å². The Kier molecular flexibility index (Phi) is 3.21. The van der Waals surface area contributed by atoms with Gasteiger partial charge in [0, 0.05) is 10.1 Å². The predicted molar refractivity (Wildman–Crippen MR) is 58.2 cm³/mol. The first-order valence-electron chi connectivity index (χ1n) is 4.52. The van der Waals surface area contributed by atoms with E-state index in [1.165, 1.54) is 0 Å². The molecule has 1 aromatic rings. The number of rotatable bonds is 1. The zero-order valence-electron chi connectivity index (χ0n) is 7.75. The summed E-state index contributed by atoms with van der Waals surface area (Å²) in [7, 11) is 0. The van der Waals surface area contributed by atoms with Gasteiger partial charge in [0.1, 0.15) is 0 Å². The smallest absolute Gasteiger partial charge is 0.160 e. The molecule has 0 saturated carbocycles. The van der Waals surface area contributed by atoms with Gasteiger partial charge >= 0.3 is 5.51 Å². The van der Waals surface area contributed by atoms with Crippen molar-refractivity contribution < 1.29 is 13.2 Å². The lowest BCUT2D eigenvalue weighted by molar-refractivity contribution is -0.0334. The maximum atomic E-state index is 12.3. The Morgan fingerprint density at radius 2 is 2.00 bits per heavy atom. The van der Waals surface area contributed by atoms with Crippen molar-refractivity contribution in [3.63, 3.8) is 0 Å². The molecular formula is C10H9F3S2. The van der Waals surface area contributed by atoms with Crippen LogP contribution >= 0.6 is 23.5 Å². The minimum atomic E-state index is -4.14. The van der Waals surface area contributed by atoms with Crippen molar-refractivity contribution >= 4 is 23.5 Å². The third kappa shape index (κ3) is 2.84. The molecule has 0 spiro atoms. The summed E-state index contributed by atoms with van der Waals surface area (Å²) < 4.78 is 36.9. The van der Waals surface area contributed by atoms with Gasteiger partial charge in [0.05, 0.1) is 0 Å². The summed E-state index contributed by atoms with van der Waals surface area (Å²) in [5.74, 6) is 0.769. The molecule has 1 atom stereocenters. The molecule has 0 unspecified atom stereocenters. The van der Waals surface area contributed by atoms with Crippen LogP contribution in [0.5, 0.6) is 0 Å². The Morgan fingerprint density at radius 3 is 2.73 bits per heavy atom. The zero-order chi connectivity index (χ0) is 10.9. The molecule has 0 amide bonds. The molecule has 0 aliphatic carbocycles. The van der Waals surface area contributed by atoms with E-state index in [4.69, 9.17) is 0 Å². The molecule has 1 aliphatic rings. The third-order valence-corrected chi connectivity index (χ3v) is 4.34. The fourth-order valence-electron chi connectivity index (χ4n) is 1.59. The standard InChI is InChI=1S/C10H9F3S2/c11-10(12,13)15-9-5-6-14-8-4-2-1-3-7(8)9/h1-4,9H,5-6H2/t9-/m0/s1. The van der Waals surface area contributed by atoms with Crippen LogP contribution in [0.1, 0.15) is 17.2 Å². The SMILES string of the molecule is FC(F)(F)S[C@H]1CCSc2ccccc21. The highest BCUT2D eigenvalue weighted by Crippen LogP contribution is 2.49. The van der Waals surface area contributed by atoms with E-state index in [1.807, 2.05) is 12.1 Å². The number of benzene rings is 1. The van der Waals surface area contributed by atoms with Crippen LogP contribution in [0, 0.1) is 0 Å². The van der Waals surface area contributed by atoms with Gasteiger partial charge in [-0.1, -0.05) is 18.2 Å². The quantitative estimate of drug-likeness (QED) is 0.721. The van der Waals surface area contributed by atoms with E-state index in [0.29, 0.717) is 6.42 Å². The van der Waals surface area contributed by atoms with Crippen LogP contribution in [-0.4, -0.2) is 11.3 Å². The molecule has 0 nitrogen and oxygen atoms in total. The van der Waals surface area contributed by atoms with Crippen LogP contribution in [-0.2, 0) is 0 Å². The molecule has 0 radical (unpaired) electrons. The summed E-state index contributed by atoms with van der Waals surface area (Å²) in [6.45, 7) is 0. The van der Waals surface area contributed by atoms with Crippen molar-refractivity contribution in [1.29, 1.82) is 0 Å². The fourth-order valence-corrected chi connectivity index (χ4v) is 3.83. The van der Waals surface area contributed by atoms with E-state index in [-0.39, 0.29) is 11.8 Å². The highest BCUT2D eigenvalue weighted by molar-refractivity contribution is 8.01. The fraction of sp³-hybridized carbons (Fsp3) is 0.400. The molecule has 5 heteroatoms. The molecule has 0 fully saturated rings. The lowest BCUT2D eigenvalue weighted by Crippen LogP contribution is -2.10. The maximum absolute atomic E-state index is 12.3. The monoisotopic (exact) mass is 250 g/mol. The number of halogens is 3. The second-order valence-corrected chi connectivity index (χ2v) is 5.63. The predicted octanol–water partition coefficient (Wildman–Crippen LogP) is 4.48. The molecule has 1 aliphatic heterocycles. The van der Waals surface area contributed by atoms with Crippen molar-refractivity contribution in [2.24, 2.45) is 0 Å². The van der Waals surface area contributed by atoms with Gasteiger partial charge in [-0.3, -0.25) is 0 Å². The second-order valence-electron chi connectivity index (χ2n) is 3.23. The van der Waals surface area contributed by atoms with Gasteiger partial charge < -0.3 is 0 Å². The van der Waals surface area contributed by atoms with Crippen molar-refractivity contribution in [1.82, 2.24) is 0 Å². The number of thioether (sulfide) groups is 2. The largest absolute Gasteiger partial charge is 0.442 e. The molecule has 15 heavy (non-hydrogen) atoms. The van der Waals surface area contributed by atoms with E-state index < -0.39 is 10.8 Å². The summed E-state index contributed by atoms with van der Waals surface area (Å²) >= 11 is 1.74. The van der Waals surface area contributed by atoms with Crippen LogP contribution in [0.15, 0.2) is 29.2 Å². The Balaban J connectivity index is 2.22. The van der Waals surface area contributed by atoms with Gasteiger partial charge in [-0.15, -0.1) is 11.8 Å². The minimum absolute atomic E-state index is 0.107. The van der Waals surface area contributed by atoms with Gasteiger partial charge in [-0.25, -0.2) is 0 Å². The summed E-state index contributed by atoms with van der Waals surface area (Å²) in [5, 5.41) is -0.428. The average molecular weight is 250 g/mol. The van der Waals surface area contributed by atoms with E-state index in [0.717, 1.165) is 16.2 Å². The highest BCUT2D eigenvalue weighted by atomic mass is 32.2. The van der Waals surface area contributed by atoms with Crippen molar-refractivity contribution in [2.45, 2.75) is 22.1 Å². The molecule has 0 bridgehead atoms. The first-order valence-corrected chi connectivity index (χ1v) is 6.39. The Hall–Kier alpha value is -0.290. The number of alkyl halides is 3. The van der Waals surface area contributed by atoms with Gasteiger partial charge in [-0.05, 0) is 35.6 Å². The Bertz CT molecular complexity index is 349. The van der Waals surface area contributed by atoms with Gasteiger partial charge in [0.2, 0.25) is 0 Å². The number of hydrogen-bond acceptors (Lipinski definition) is 2. The van der Waals surface area contributed by atoms with Gasteiger partial charge in [0.25, 0.3) is 0 Å². The summed E-state index contributed by atoms with van der Waals surface area (Å²) in [4.78, 5) is 0.991.